The van der Waals surface area contributed by atoms with Gasteiger partial charge in [-0.2, -0.15) is 5.10 Å². The highest BCUT2D eigenvalue weighted by Gasteiger charge is 2.16. The van der Waals surface area contributed by atoms with Gasteiger partial charge in [-0.1, -0.05) is 18.2 Å². The lowest BCUT2D eigenvalue weighted by Gasteiger charge is -2.14. The predicted molar refractivity (Wildman–Crippen MR) is 77.9 cm³/mol. The van der Waals surface area contributed by atoms with Gasteiger partial charge in [0.25, 0.3) is 5.91 Å². The van der Waals surface area contributed by atoms with Gasteiger partial charge in [-0.25, -0.2) is 4.39 Å². The molecule has 2 rings (SSSR count). The fourth-order valence-corrected chi connectivity index (χ4v) is 2.01. The minimum Gasteiger partial charge on any atom is -0.354 e. The van der Waals surface area contributed by atoms with Crippen LogP contribution in [-0.4, -0.2) is 43.2 Å². The van der Waals surface area contributed by atoms with Gasteiger partial charge in [0, 0.05) is 20.6 Å². The summed E-state index contributed by atoms with van der Waals surface area (Å²) < 4.78 is 23.7. The summed E-state index contributed by atoms with van der Waals surface area (Å²) in [5.74, 6) is -0.638. The van der Waals surface area contributed by atoms with E-state index in [0.717, 1.165) is 0 Å². The van der Waals surface area contributed by atoms with Crippen molar-refractivity contribution in [2.75, 3.05) is 20.8 Å². The molecule has 0 bridgehead atoms. The maximum absolute atomic E-state index is 13.7. The van der Waals surface area contributed by atoms with E-state index in [-0.39, 0.29) is 24.7 Å². The molecule has 118 valence electrons. The highest BCUT2D eigenvalue weighted by Crippen LogP contribution is 2.14. The van der Waals surface area contributed by atoms with Gasteiger partial charge in [0.1, 0.15) is 5.82 Å². The second kappa shape index (κ2) is 7.67. The first kappa shape index (κ1) is 16.1. The zero-order valence-electron chi connectivity index (χ0n) is 12.4. The average Bonchev–Trinajstić information content (AvgIpc) is 2.98. The van der Waals surface area contributed by atoms with Crippen LogP contribution < -0.4 is 5.32 Å². The maximum atomic E-state index is 13.7. The fourth-order valence-electron chi connectivity index (χ4n) is 2.01. The van der Waals surface area contributed by atoms with E-state index in [2.05, 4.69) is 15.5 Å². The first-order chi connectivity index (χ1) is 10.7. The number of carbonyl (C=O) groups is 1. The Morgan fingerprint density at radius 1 is 1.36 bits per heavy atom. The molecule has 0 unspecified atom stereocenters. The van der Waals surface area contributed by atoms with Gasteiger partial charge in [-0.15, -0.1) is 0 Å². The van der Waals surface area contributed by atoms with Crippen molar-refractivity contribution in [2.45, 2.75) is 12.7 Å². The monoisotopic (exact) mass is 307 g/mol. The molecule has 22 heavy (non-hydrogen) atoms. The van der Waals surface area contributed by atoms with Crippen LogP contribution in [0.2, 0.25) is 0 Å². The van der Waals surface area contributed by atoms with Gasteiger partial charge in [0.2, 0.25) is 0 Å². The Bertz CT molecular complexity index is 626. The van der Waals surface area contributed by atoms with Crippen molar-refractivity contribution in [1.82, 2.24) is 15.5 Å². The van der Waals surface area contributed by atoms with Crippen LogP contribution in [0.15, 0.2) is 30.5 Å². The van der Waals surface area contributed by atoms with E-state index in [1.165, 1.54) is 26.5 Å². The topological polar surface area (TPSA) is 76.2 Å². The van der Waals surface area contributed by atoms with Crippen LogP contribution in [0.1, 0.15) is 21.6 Å². The molecule has 6 nitrogen and oxygen atoms in total. The lowest BCUT2D eigenvalue weighted by Crippen LogP contribution is -2.34. The quantitative estimate of drug-likeness (QED) is 0.760. The van der Waals surface area contributed by atoms with Crippen LogP contribution in [0.3, 0.4) is 0 Å². The van der Waals surface area contributed by atoms with E-state index in [0.29, 0.717) is 16.8 Å². The highest BCUT2D eigenvalue weighted by molar-refractivity contribution is 5.95. The number of nitrogens with zero attached hydrogens (tertiary/aromatic N) is 1. The van der Waals surface area contributed by atoms with Crippen LogP contribution >= 0.6 is 0 Å². The van der Waals surface area contributed by atoms with Crippen LogP contribution in [0.25, 0.3) is 0 Å². The third-order valence-electron chi connectivity index (χ3n) is 3.24. The van der Waals surface area contributed by atoms with Gasteiger partial charge >= 0.3 is 0 Å². The smallest absolute Gasteiger partial charge is 0.254 e. The van der Waals surface area contributed by atoms with Crippen LogP contribution in [-0.2, 0) is 15.9 Å². The zero-order valence-corrected chi connectivity index (χ0v) is 12.4. The number of halogens is 1. The molecule has 0 aliphatic carbocycles. The van der Waals surface area contributed by atoms with Crippen molar-refractivity contribution in [1.29, 1.82) is 0 Å². The Balaban J connectivity index is 2.06. The van der Waals surface area contributed by atoms with Crippen molar-refractivity contribution in [3.05, 3.63) is 53.1 Å². The van der Waals surface area contributed by atoms with Crippen molar-refractivity contribution >= 4 is 5.91 Å². The van der Waals surface area contributed by atoms with Gasteiger partial charge < -0.3 is 14.8 Å². The van der Waals surface area contributed by atoms with Crippen molar-refractivity contribution < 1.29 is 18.7 Å². The number of carbonyl (C=O) groups excluding carboxylic acids is 1. The number of ether oxygens (including phenoxy) is 2. The molecule has 2 N–H and O–H groups in total. The van der Waals surface area contributed by atoms with Crippen molar-refractivity contribution in [3.8, 4) is 0 Å². The molecule has 0 spiro atoms. The third kappa shape index (κ3) is 3.90. The number of hydrogen-bond donors (Lipinski definition) is 2. The molecule has 1 heterocycles. The molecule has 0 saturated heterocycles. The number of rotatable bonds is 7. The van der Waals surface area contributed by atoms with Gasteiger partial charge in [-0.3, -0.25) is 9.89 Å². The normalized spacial score (nSPS) is 10.9. The Labute approximate surface area is 127 Å². The standard InChI is InChI=1S/C15H18FN3O3/c1-21-14(22-2)9-17-15(20)11-8-18-19-13(11)7-10-5-3-4-6-12(10)16/h3-6,8,14H,7,9H2,1-2H3,(H,17,20)(H,18,19). The summed E-state index contributed by atoms with van der Waals surface area (Å²) >= 11 is 0. The molecule has 0 fully saturated rings. The number of aromatic nitrogens is 2. The predicted octanol–water partition coefficient (Wildman–Crippen LogP) is 1.49. The van der Waals surface area contributed by atoms with Gasteiger partial charge in [-0.05, 0) is 11.6 Å². The molecule has 0 aliphatic heterocycles. The Morgan fingerprint density at radius 2 is 2.09 bits per heavy atom. The number of aromatic amines is 1. The summed E-state index contributed by atoms with van der Waals surface area (Å²) in [6.45, 7) is 0.205. The summed E-state index contributed by atoms with van der Waals surface area (Å²) in [5, 5.41) is 9.29. The molecule has 2 aromatic rings. The number of H-pyrrole nitrogens is 1. The second-order valence-electron chi connectivity index (χ2n) is 4.64. The molecule has 7 heteroatoms. The van der Waals surface area contributed by atoms with Gasteiger partial charge in [0.15, 0.2) is 6.29 Å². The highest BCUT2D eigenvalue weighted by atomic mass is 19.1. The first-order valence-electron chi connectivity index (χ1n) is 6.75. The minimum absolute atomic E-state index is 0.205. The van der Waals surface area contributed by atoms with Crippen LogP contribution in [0, 0.1) is 5.82 Å². The number of nitrogens with one attached hydrogen (secondary N) is 2. The molecule has 1 aromatic carbocycles. The molecular weight excluding hydrogens is 289 g/mol. The van der Waals surface area contributed by atoms with E-state index >= 15 is 0 Å². The summed E-state index contributed by atoms with van der Waals surface area (Å²) in [7, 11) is 2.98. The maximum Gasteiger partial charge on any atom is 0.254 e. The lowest BCUT2D eigenvalue weighted by molar-refractivity contribution is -0.0974. The number of benzene rings is 1. The lowest BCUT2D eigenvalue weighted by atomic mass is 10.1. The van der Waals surface area contributed by atoms with Crippen molar-refractivity contribution in [2.24, 2.45) is 0 Å². The third-order valence-corrected chi connectivity index (χ3v) is 3.24. The molecule has 0 atom stereocenters. The molecule has 1 aromatic heterocycles. The van der Waals surface area contributed by atoms with E-state index < -0.39 is 6.29 Å². The van der Waals surface area contributed by atoms with Crippen LogP contribution in [0.4, 0.5) is 4.39 Å². The summed E-state index contributed by atoms with van der Waals surface area (Å²) in [5.41, 5.74) is 1.41. The summed E-state index contributed by atoms with van der Waals surface area (Å²) in [6.07, 6.45) is 1.15. The number of hydrogen-bond acceptors (Lipinski definition) is 4. The molecule has 0 saturated carbocycles. The van der Waals surface area contributed by atoms with E-state index in [4.69, 9.17) is 9.47 Å². The minimum atomic E-state index is -0.522. The van der Waals surface area contributed by atoms with Gasteiger partial charge in [0.05, 0.1) is 24.0 Å². The molecular formula is C15H18FN3O3. The average molecular weight is 307 g/mol. The first-order valence-corrected chi connectivity index (χ1v) is 6.75. The zero-order chi connectivity index (χ0) is 15.9. The second-order valence-corrected chi connectivity index (χ2v) is 4.64. The molecule has 0 aliphatic rings. The Kier molecular flexibility index (Phi) is 5.62. The fraction of sp³-hybridized carbons (Fsp3) is 0.333. The molecule has 1 amide bonds. The van der Waals surface area contributed by atoms with E-state index in [9.17, 15) is 9.18 Å². The van der Waals surface area contributed by atoms with E-state index in [1.807, 2.05) is 0 Å². The molecule has 0 radical (unpaired) electrons. The Morgan fingerprint density at radius 3 is 2.77 bits per heavy atom. The SMILES string of the molecule is COC(CNC(=O)c1cn[nH]c1Cc1ccccc1F)OC. The van der Waals surface area contributed by atoms with E-state index in [1.54, 1.807) is 18.2 Å². The van der Waals surface area contributed by atoms with Crippen LogP contribution in [0.5, 0.6) is 0 Å². The Hall–Kier alpha value is -2.25. The number of amides is 1. The summed E-state index contributed by atoms with van der Waals surface area (Å²) in [6, 6.07) is 6.42. The largest absolute Gasteiger partial charge is 0.354 e. The summed E-state index contributed by atoms with van der Waals surface area (Å²) in [4.78, 5) is 12.2. The van der Waals surface area contributed by atoms with Crippen molar-refractivity contribution in [3.63, 3.8) is 0 Å². The number of methoxy groups -OCH3 is 2.